The molecule has 1 saturated carbocycles. The number of fused-ring (bicyclic) bond motifs is 2. The average molecular weight is 245 g/mol. The lowest BCUT2D eigenvalue weighted by Crippen LogP contribution is -2.41. The third-order valence-corrected chi connectivity index (χ3v) is 5.26. The molecule has 4 unspecified atom stereocenters. The first-order valence-corrected chi connectivity index (χ1v) is 7.18. The topological polar surface area (TPSA) is 42.2 Å². The minimum Gasteiger partial charge on any atom is -0.469 e. The fourth-order valence-electron chi connectivity index (χ4n) is 4.39. The number of nitrogens with one attached hydrogen (secondary N) is 1. The predicted molar refractivity (Wildman–Crippen MR) is 67.5 cm³/mol. The molecule has 3 nitrogen and oxygen atoms in total. The highest BCUT2D eigenvalue weighted by Crippen LogP contribution is 2.42. The minimum atomic E-state index is 0.184. The molecule has 18 heavy (non-hydrogen) atoms. The molecule has 0 spiro atoms. The number of ketones is 1. The molecule has 96 valence electrons. The summed E-state index contributed by atoms with van der Waals surface area (Å²) in [5, 5.41) is 3.63. The second-order valence-corrected chi connectivity index (χ2v) is 6.06. The fourth-order valence-corrected chi connectivity index (χ4v) is 4.39. The number of aryl methyl sites for hydroxylation is 1. The minimum absolute atomic E-state index is 0.184. The van der Waals surface area contributed by atoms with Gasteiger partial charge in [-0.15, -0.1) is 0 Å². The van der Waals surface area contributed by atoms with Gasteiger partial charge in [0, 0.05) is 18.4 Å². The summed E-state index contributed by atoms with van der Waals surface area (Å²) in [4.78, 5) is 12.6. The van der Waals surface area contributed by atoms with Gasteiger partial charge in [-0.25, -0.2) is 0 Å². The molecule has 1 aromatic rings. The second kappa shape index (κ2) is 3.95. The molecule has 1 N–H and O–H groups in total. The van der Waals surface area contributed by atoms with Crippen LogP contribution in [0.2, 0.25) is 0 Å². The smallest absolute Gasteiger partial charge is 0.171 e. The van der Waals surface area contributed by atoms with Crippen molar-refractivity contribution >= 4 is 5.78 Å². The third kappa shape index (κ3) is 1.43. The molecule has 3 heteroatoms. The molecule has 2 aliphatic carbocycles. The van der Waals surface area contributed by atoms with Gasteiger partial charge in [-0.1, -0.05) is 6.42 Å². The van der Waals surface area contributed by atoms with E-state index in [2.05, 4.69) is 5.32 Å². The predicted octanol–water partition coefficient (Wildman–Crippen LogP) is 2.41. The first-order valence-electron chi connectivity index (χ1n) is 7.18. The number of carbonyl (C=O) groups is 1. The monoisotopic (exact) mass is 245 g/mol. The van der Waals surface area contributed by atoms with Gasteiger partial charge in [0.25, 0.3) is 0 Å². The van der Waals surface area contributed by atoms with Crippen molar-refractivity contribution in [3.63, 3.8) is 0 Å². The van der Waals surface area contributed by atoms with Crippen LogP contribution in [0, 0.1) is 17.8 Å². The summed E-state index contributed by atoms with van der Waals surface area (Å²) in [5.41, 5.74) is 0.842. The van der Waals surface area contributed by atoms with E-state index in [1.807, 2.05) is 6.07 Å². The Labute approximate surface area is 107 Å². The summed E-state index contributed by atoms with van der Waals surface area (Å²) in [5.74, 6) is 2.97. The van der Waals surface area contributed by atoms with Gasteiger partial charge in [0.15, 0.2) is 5.78 Å². The van der Waals surface area contributed by atoms with Gasteiger partial charge in [-0.05, 0) is 43.7 Å². The number of Topliss-reactive ketones (excluding diaryl/α,β-unsaturated/α-hetero) is 1. The Hall–Kier alpha value is -1.09. The first kappa shape index (κ1) is 10.8. The van der Waals surface area contributed by atoms with E-state index in [0.717, 1.165) is 42.5 Å². The normalized spacial score (nSPS) is 38.8. The maximum Gasteiger partial charge on any atom is 0.171 e. The van der Waals surface area contributed by atoms with E-state index in [1.165, 1.54) is 19.3 Å². The number of carbonyl (C=O) groups excluding carboxylic acids is 1. The Kier molecular flexibility index (Phi) is 2.37. The highest BCUT2D eigenvalue weighted by molar-refractivity contribution is 6.00. The molecule has 3 aliphatic rings. The Balaban J connectivity index is 1.61. The van der Waals surface area contributed by atoms with Gasteiger partial charge in [-0.2, -0.15) is 0 Å². The van der Waals surface area contributed by atoms with Gasteiger partial charge in [-0.3, -0.25) is 4.79 Å². The van der Waals surface area contributed by atoms with Crippen LogP contribution in [0.15, 0.2) is 16.7 Å². The highest BCUT2D eigenvalue weighted by atomic mass is 16.3. The van der Waals surface area contributed by atoms with Gasteiger partial charge >= 0.3 is 0 Å². The zero-order valence-electron chi connectivity index (χ0n) is 10.5. The Morgan fingerprint density at radius 2 is 2.22 bits per heavy atom. The standard InChI is InChI=1S/C15H19NO2/c17-15-11-6-7-18-13(11)5-4-12(15)14-10-3-1-2-9(10)8-16-14/h6-7,9-10,12,14,16H,1-5,8H2. The van der Waals surface area contributed by atoms with Gasteiger partial charge < -0.3 is 9.73 Å². The van der Waals surface area contributed by atoms with Crippen molar-refractivity contribution in [2.45, 2.75) is 38.1 Å². The van der Waals surface area contributed by atoms with E-state index in [4.69, 9.17) is 4.42 Å². The van der Waals surface area contributed by atoms with Crippen LogP contribution in [0.4, 0.5) is 0 Å². The molecule has 0 amide bonds. The molecule has 1 aliphatic heterocycles. The molecule has 0 radical (unpaired) electrons. The van der Waals surface area contributed by atoms with E-state index >= 15 is 0 Å². The fraction of sp³-hybridized carbons (Fsp3) is 0.667. The zero-order valence-corrected chi connectivity index (χ0v) is 10.5. The van der Waals surface area contributed by atoms with E-state index in [-0.39, 0.29) is 5.92 Å². The number of hydrogen-bond donors (Lipinski definition) is 1. The second-order valence-electron chi connectivity index (χ2n) is 6.06. The van der Waals surface area contributed by atoms with Crippen molar-refractivity contribution in [3.8, 4) is 0 Å². The summed E-state index contributed by atoms with van der Waals surface area (Å²) >= 11 is 0. The van der Waals surface area contributed by atoms with Crippen LogP contribution in [0.3, 0.4) is 0 Å². The number of hydrogen-bond acceptors (Lipinski definition) is 3. The Morgan fingerprint density at radius 3 is 3.17 bits per heavy atom. The molecule has 1 aromatic heterocycles. The Morgan fingerprint density at radius 1 is 1.28 bits per heavy atom. The molecule has 2 fully saturated rings. The van der Waals surface area contributed by atoms with Crippen molar-refractivity contribution in [2.24, 2.45) is 17.8 Å². The summed E-state index contributed by atoms with van der Waals surface area (Å²) in [6, 6.07) is 2.28. The number of furan rings is 1. The van der Waals surface area contributed by atoms with E-state index in [9.17, 15) is 4.79 Å². The van der Waals surface area contributed by atoms with E-state index in [0.29, 0.717) is 11.8 Å². The summed E-state index contributed by atoms with van der Waals surface area (Å²) < 4.78 is 5.38. The maximum absolute atomic E-state index is 12.6. The van der Waals surface area contributed by atoms with E-state index in [1.54, 1.807) is 6.26 Å². The maximum atomic E-state index is 12.6. The molecule has 2 heterocycles. The lowest BCUT2D eigenvalue weighted by molar-refractivity contribution is 0.0849. The van der Waals surface area contributed by atoms with Gasteiger partial charge in [0.05, 0.1) is 11.8 Å². The van der Waals surface area contributed by atoms with Crippen LogP contribution in [0.1, 0.15) is 41.8 Å². The van der Waals surface area contributed by atoms with Crippen LogP contribution >= 0.6 is 0 Å². The summed E-state index contributed by atoms with van der Waals surface area (Å²) in [6.07, 6.45) is 7.56. The van der Waals surface area contributed by atoms with E-state index < -0.39 is 0 Å². The molecule has 0 bridgehead atoms. The summed E-state index contributed by atoms with van der Waals surface area (Å²) in [6.45, 7) is 1.12. The molecular formula is C15H19NO2. The first-order chi connectivity index (χ1) is 8.84. The molecule has 4 rings (SSSR count). The third-order valence-electron chi connectivity index (χ3n) is 5.26. The largest absolute Gasteiger partial charge is 0.469 e. The van der Waals surface area contributed by atoms with Crippen molar-refractivity contribution in [2.75, 3.05) is 6.54 Å². The van der Waals surface area contributed by atoms with Crippen molar-refractivity contribution < 1.29 is 9.21 Å². The van der Waals surface area contributed by atoms with Crippen LogP contribution in [-0.4, -0.2) is 18.4 Å². The lowest BCUT2D eigenvalue weighted by atomic mass is 9.76. The van der Waals surface area contributed by atoms with Gasteiger partial charge in [0.1, 0.15) is 5.76 Å². The van der Waals surface area contributed by atoms with Crippen LogP contribution < -0.4 is 5.32 Å². The molecule has 0 aromatic carbocycles. The van der Waals surface area contributed by atoms with Crippen molar-refractivity contribution in [1.82, 2.24) is 5.32 Å². The van der Waals surface area contributed by atoms with Gasteiger partial charge in [0.2, 0.25) is 0 Å². The van der Waals surface area contributed by atoms with Crippen LogP contribution in [0.25, 0.3) is 0 Å². The summed E-state index contributed by atoms with van der Waals surface area (Å²) in [7, 11) is 0. The van der Waals surface area contributed by atoms with Crippen LogP contribution in [0.5, 0.6) is 0 Å². The quantitative estimate of drug-likeness (QED) is 0.826. The SMILES string of the molecule is O=C1c2ccoc2CCC1C1NCC2CCCC21. The molecule has 1 saturated heterocycles. The number of rotatable bonds is 1. The van der Waals surface area contributed by atoms with Crippen molar-refractivity contribution in [3.05, 3.63) is 23.7 Å². The van der Waals surface area contributed by atoms with Crippen molar-refractivity contribution in [1.29, 1.82) is 0 Å². The lowest BCUT2D eigenvalue weighted by Gasteiger charge is -2.29. The molecular weight excluding hydrogens is 226 g/mol. The average Bonchev–Trinajstić information content (AvgIpc) is 3.04. The van der Waals surface area contributed by atoms with Crippen LogP contribution in [-0.2, 0) is 6.42 Å². The zero-order chi connectivity index (χ0) is 12.1. The Bertz CT molecular complexity index is 479. The molecule has 4 atom stereocenters. The highest BCUT2D eigenvalue weighted by Gasteiger charge is 2.46.